The van der Waals surface area contributed by atoms with Crippen LogP contribution in [0.15, 0.2) is 42.5 Å². The summed E-state index contributed by atoms with van der Waals surface area (Å²) in [5.74, 6) is 3.34. The molecular weight excluding hydrogens is 705 g/mol. The number of hydrogen-bond acceptors (Lipinski definition) is 5. The van der Waals surface area contributed by atoms with E-state index in [4.69, 9.17) is 18.9 Å². The summed E-state index contributed by atoms with van der Waals surface area (Å²) in [4.78, 5) is 0. The summed E-state index contributed by atoms with van der Waals surface area (Å²) in [6.07, 6.45) is 38.2. The second-order valence-corrected chi connectivity index (χ2v) is 15.8. The Kier molecular flexibility index (Phi) is 27.0. The predicted molar refractivity (Wildman–Crippen MR) is 245 cm³/mol. The number of H-pyrrole nitrogens is 1. The molecule has 0 aliphatic carbocycles. The van der Waals surface area contributed by atoms with Gasteiger partial charge in [-0.05, 0) is 79.3 Å². The van der Waals surface area contributed by atoms with Crippen molar-refractivity contribution < 1.29 is 18.9 Å². The van der Waals surface area contributed by atoms with Crippen LogP contribution < -0.4 is 18.9 Å². The smallest absolute Gasteiger partial charge is 0.161 e. The van der Waals surface area contributed by atoms with Gasteiger partial charge in [0.1, 0.15) is 0 Å². The van der Waals surface area contributed by atoms with E-state index in [0.29, 0.717) is 13.2 Å². The fourth-order valence-corrected chi connectivity index (χ4v) is 6.87. The Morgan fingerprint density at radius 3 is 1.14 bits per heavy atom. The molecule has 0 radical (unpaired) electrons. The summed E-state index contributed by atoms with van der Waals surface area (Å²) in [5.41, 5.74) is 3.94. The van der Waals surface area contributed by atoms with E-state index in [2.05, 4.69) is 98.6 Å². The van der Waals surface area contributed by atoms with Crippen LogP contribution in [0.3, 0.4) is 0 Å². The average Bonchev–Trinajstić information content (AvgIpc) is 3.69. The van der Waals surface area contributed by atoms with Gasteiger partial charge in [0.05, 0.1) is 37.8 Å². The van der Waals surface area contributed by atoms with Crippen molar-refractivity contribution in [2.45, 2.75) is 182 Å². The molecule has 0 fully saturated rings. The molecule has 0 amide bonds. The van der Waals surface area contributed by atoms with Crippen LogP contribution in [0.1, 0.15) is 204 Å². The Balaban J connectivity index is 1.60. The van der Waals surface area contributed by atoms with Crippen molar-refractivity contribution in [1.82, 2.24) is 10.2 Å². The summed E-state index contributed by atoms with van der Waals surface area (Å²) in [6.45, 7) is 11.9. The minimum Gasteiger partial charge on any atom is -0.490 e. The lowest BCUT2D eigenvalue weighted by molar-refractivity contribution is 0.258. The fourth-order valence-electron chi connectivity index (χ4n) is 6.87. The topological polar surface area (TPSA) is 65.6 Å². The van der Waals surface area contributed by atoms with Crippen LogP contribution in [0.2, 0.25) is 0 Å². The standard InChI is InChI=1S/C51H80N2O4/c1-5-9-13-17-21-25-37-54-48-35-31-44(41-50(48)56-39-27-23-19-15-11-7-3)29-33-46-43-47(53-52-46)34-30-45-32-36-49(55-38-26-22-18-14-10-6-2)51(42-45)57-40-28-24-20-16-12-8-4/h29-36,41-43H,5-28,37-40H2,1-4H3,(H,52,53)/b33-29+,34-30+. The van der Waals surface area contributed by atoms with Crippen molar-refractivity contribution in [3.63, 3.8) is 0 Å². The number of aromatic nitrogens is 2. The molecular formula is C51H80N2O4. The Hall–Kier alpha value is -3.67. The molecule has 1 N–H and O–H groups in total. The van der Waals surface area contributed by atoms with Crippen molar-refractivity contribution >= 4 is 24.3 Å². The minimum absolute atomic E-state index is 0.712. The van der Waals surface area contributed by atoms with Crippen molar-refractivity contribution in [2.75, 3.05) is 26.4 Å². The summed E-state index contributed by atoms with van der Waals surface area (Å²) in [5, 5.41) is 7.74. The zero-order valence-corrected chi connectivity index (χ0v) is 36.7. The predicted octanol–water partition coefficient (Wildman–Crippen LogP) is 15.7. The molecule has 318 valence electrons. The number of rotatable bonds is 36. The highest BCUT2D eigenvalue weighted by atomic mass is 16.5. The first-order valence-electron chi connectivity index (χ1n) is 23.4. The highest BCUT2D eigenvalue weighted by Gasteiger charge is 2.09. The summed E-state index contributed by atoms with van der Waals surface area (Å²) in [6, 6.07) is 14.6. The Morgan fingerprint density at radius 2 is 0.737 bits per heavy atom. The number of hydrogen-bond donors (Lipinski definition) is 1. The van der Waals surface area contributed by atoms with Crippen molar-refractivity contribution in [3.8, 4) is 23.0 Å². The van der Waals surface area contributed by atoms with Crippen LogP contribution >= 0.6 is 0 Å². The van der Waals surface area contributed by atoms with Crippen LogP contribution in [0.25, 0.3) is 24.3 Å². The first-order chi connectivity index (χ1) is 28.2. The van der Waals surface area contributed by atoms with Crippen LogP contribution in [0.5, 0.6) is 23.0 Å². The molecule has 1 aromatic heterocycles. The van der Waals surface area contributed by atoms with E-state index in [9.17, 15) is 0 Å². The number of aromatic amines is 1. The third-order valence-electron chi connectivity index (χ3n) is 10.5. The number of benzene rings is 2. The molecule has 3 rings (SSSR count). The number of unbranched alkanes of at least 4 members (excludes halogenated alkanes) is 20. The fraction of sp³-hybridized carbons (Fsp3) is 0.627. The molecule has 57 heavy (non-hydrogen) atoms. The molecule has 0 unspecified atom stereocenters. The molecule has 0 atom stereocenters. The molecule has 2 aromatic carbocycles. The Bertz CT molecular complexity index is 1370. The molecule has 6 nitrogen and oxygen atoms in total. The van der Waals surface area contributed by atoms with E-state index in [-0.39, 0.29) is 0 Å². The van der Waals surface area contributed by atoms with Gasteiger partial charge in [0.2, 0.25) is 0 Å². The van der Waals surface area contributed by atoms with Crippen molar-refractivity contribution in [3.05, 3.63) is 65.0 Å². The summed E-state index contributed by atoms with van der Waals surface area (Å²) >= 11 is 0. The molecule has 0 saturated heterocycles. The van der Waals surface area contributed by atoms with E-state index in [1.54, 1.807) is 0 Å². The maximum atomic E-state index is 6.32. The number of nitrogens with zero attached hydrogens (tertiary/aromatic N) is 1. The van der Waals surface area contributed by atoms with E-state index in [1.807, 2.05) is 6.08 Å². The van der Waals surface area contributed by atoms with Crippen molar-refractivity contribution in [2.24, 2.45) is 0 Å². The van der Waals surface area contributed by atoms with E-state index < -0.39 is 0 Å². The van der Waals surface area contributed by atoms with Gasteiger partial charge < -0.3 is 18.9 Å². The van der Waals surface area contributed by atoms with Gasteiger partial charge in [-0.25, -0.2) is 0 Å². The molecule has 0 spiro atoms. The molecule has 0 aliphatic heterocycles. The third kappa shape index (κ3) is 22.2. The minimum atomic E-state index is 0.712. The molecule has 0 bridgehead atoms. The largest absolute Gasteiger partial charge is 0.490 e. The second-order valence-electron chi connectivity index (χ2n) is 15.8. The first kappa shape index (κ1) is 47.7. The maximum absolute atomic E-state index is 6.32. The number of nitrogens with one attached hydrogen (secondary N) is 1. The maximum Gasteiger partial charge on any atom is 0.161 e. The van der Waals surface area contributed by atoms with Gasteiger partial charge in [-0.1, -0.05) is 180 Å². The van der Waals surface area contributed by atoms with Crippen LogP contribution in [-0.4, -0.2) is 36.6 Å². The first-order valence-corrected chi connectivity index (χ1v) is 23.4. The Labute approximate surface area is 348 Å². The van der Waals surface area contributed by atoms with Gasteiger partial charge in [-0.2, -0.15) is 5.10 Å². The summed E-state index contributed by atoms with van der Waals surface area (Å²) in [7, 11) is 0. The van der Waals surface area contributed by atoms with E-state index in [0.717, 1.165) is 84.4 Å². The monoisotopic (exact) mass is 785 g/mol. The van der Waals surface area contributed by atoms with Crippen molar-refractivity contribution in [1.29, 1.82) is 0 Å². The van der Waals surface area contributed by atoms with Gasteiger partial charge in [-0.3, -0.25) is 5.10 Å². The lowest BCUT2D eigenvalue weighted by Gasteiger charge is -2.14. The van der Waals surface area contributed by atoms with Gasteiger partial charge in [-0.15, -0.1) is 0 Å². The quantitative estimate of drug-likeness (QED) is 0.0595. The summed E-state index contributed by atoms with van der Waals surface area (Å²) < 4.78 is 25.1. The Morgan fingerprint density at radius 1 is 0.386 bits per heavy atom. The molecule has 0 saturated carbocycles. The third-order valence-corrected chi connectivity index (χ3v) is 10.5. The van der Waals surface area contributed by atoms with Gasteiger partial charge >= 0.3 is 0 Å². The van der Waals surface area contributed by atoms with Gasteiger partial charge in [0.15, 0.2) is 23.0 Å². The second kappa shape index (κ2) is 32.3. The van der Waals surface area contributed by atoms with Crippen LogP contribution in [-0.2, 0) is 0 Å². The highest BCUT2D eigenvalue weighted by molar-refractivity contribution is 5.73. The van der Waals surface area contributed by atoms with E-state index >= 15 is 0 Å². The molecule has 3 aromatic rings. The van der Waals surface area contributed by atoms with Gasteiger partial charge in [0.25, 0.3) is 0 Å². The lowest BCUT2D eigenvalue weighted by atomic mass is 10.1. The van der Waals surface area contributed by atoms with Crippen LogP contribution in [0, 0.1) is 0 Å². The zero-order valence-electron chi connectivity index (χ0n) is 36.7. The SMILES string of the molecule is CCCCCCCCOc1ccc(/C=C/c2cc(/C=C/c3ccc(OCCCCCCCC)c(OCCCCCCCC)c3)[nH]n2)cc1OCCCCCCCC. The average molecular weight is 785 g/mol. The highest BCUT2D eigenvalue weighted by Crippen LogP contribution is 2.31. The van der Waals surface area contributed by atoms with Gasteiger partial charge in [0, 0.05) is 0 Å². The molecule has 0 aliphatic rings. The number of ether oxygens (including phenoxy) is 4. The normalized spacial score (nSPS) is 11.6. The van der Waals surface area contributed by atoms with Crippen LogP contribution in [0.4, 0.5) is 0 Å². The molecule has 1 heterocycles. The zero-order chi connectivity index (χ0) is 40.4. The molecule has 6 heteroatoms. The lowest BCUT2D eigenvalue weighted by Crippen LogP contribution is -2.03. The van der Waals surface area contributed by atoms with E-state index in [1.165, 1.54) is 128 Å².